The molecule has 7 nitrogen and oxygen atoms in total. The van der Waals surface area contributed by atoms with Crippen molar-refractivity contribution in [2.24, 2.45) is 4.99 Å². The number of rotatable bonds is 5. The molecular weight excluding hydrogens is 350 g/mol. The third-order valence-electron chi connectivity index (χ3n) is 5.18. The molecule has 1 saturated heterocycles. The van der Waals surface area contributed by atoms with Crippen molar-refractivity contribution in [3.05, 3.63) is 60.0 Å². The summed E-state index contributed by atoms with van der Waals surface area (Å²) in [6.07, 6.45) is 3.88. The van der Waals surface area contributed by atoms with Gasteiger partial charge in [0.1, 0.15) is 5.82 Å². The summed E-state index contributed by atoms with van der Waals surface area (Å²) in [5.74, 6) is 1.79. The second-order valence-corrected chi connectivity index (χ2v) is 7.21. The molecule has 146 valence electrons. The number of nitrogens with zero attached hydrogens (tertiary/aromatic N) is 5. The maximum Gasteiger partial charge on any atom is 0.191 e. The molecule has 2 aromatic heterocycles. The first-order chi connectivity index (χ1) is 13.7. The number of aryl methyl sites for hydroxylation is 1. The Labute approximate surface area is 165 Å². The Morgan fingerprint density at radius 2 is 2.04 bits per heavy atom. The number of fused-ring (bicyclic) bond motifs is 1. The van der Waals surface area contributed by atoms with Gasteiger partial charge >= 0.3 is 0 Å². The van der Waals surface area contributed by atoms with Crippen LogP contribution in [-0.4, -0.2) is 53.3 Å². The van der Waals surface area contributed by atoms with E-state index in [2.05, 4.69) is 61.9 Å². The summed E-state index contributed by atoms with van der Waals surface area (Å²) >= 11 is 0. The third kappa shape index (κ3) is 4.08. The minimum atomic E-state index is 0.390. The van der Waals surface area contributed by atoms with Gasteiger partial charge in [0.25, 0.3) is 0 Å². The van der Waals surface area contributed by atoms with Gasteiger partial charge in [-0.05, 0) is 37.6 Å². The maximum atomic E-state index is 4.38. The summed E-state index contributed by atoms with van der Waals surface area (Å²) in [6.45, 7) is 4.92. The van der Waals surface area contributed by atoms with Crippen LogP contribution >= 0.6 is 0 Å². The molecule has 0 spiro atoms. The van der Waals surface area contributed by atoms with Gasteiger partial charge < -0.3 is 15.5 Å². The monoisotopic (exact) mass is 377 g/mol. The molecule has 0 saturated carbocycles. The van der Waals surface area contributed by atoms with E-state index in [4.69, 9.17) is 0 Å². The molecule has 1 aliphatic rings. The van der Waals surface area contributed by atoms with Gasteiger partial charge in [-0.3, -0.25) is 9.39 Å². The van der Waals surface area contributed by atoms with E-state index in [1.165, 1.54) is 11.3 Å². The summed E-state index contributed by atoms with van der Waals surface area (Å²) in [5.41, 5.74) is 3.46. The number of aliphatic imine (C=N–C) groups is 1. The fraction of sp³-hybridized carbons (Fsp3) is 0.381. The normalized spacial score (nSPS) is 17.3. The van der Waals surface area contributed by atoms with Crippen molar-refractivity contribution >= 4 is 17.3 Å². The highest BCUT2D eigenvalue weighted by Gasteiger charge is 2.23. The van der Waals surface area contributed by atoms with Crippen molar-refractivity contribution in [2.45, 2.75) is 25.8 Å². The lowest BCUT2D eigenvalue weighted by Gasteiger charge is -2.20. The molecule has 1 atom stereocenters. The molecule has 3 aromatic rings. The van der Waals surface area contributed by atoms with Crippen molar-refractivity contribution < 1.29 is 0 Å². The van der Waals surface area contributed by atoms with Gasteiger partial charge in [-0.15, -0.1) is 10.2 Å². The molecule has 2 N–H and O–H groups in total. The van der Waals surface area contributed by atoms with E-state index in [0.717, 1.165) is 49.9 Å². The van der Waals surface area contributed by atoms with Crippen LogP contribution < -0.4 is 15.5 Å². The topological polar surface area (TPSA) is 69.8 Å². The van der Waals surface area contributed by atoms with Crippen LogP contribution in [0.2, 0.25) is 0 Å². The minimum Gasteiger partial charge on any atom is -0.369 e. The zero-order chi connectivity index (χ0) is 19.3. The first-order valence-electron chi connectivity index (χ1n) is 9.80. The van der Waals surface area contributed by atoms with Crippen LogP contribution in [0.25, 0.3) is 5.65 Å². The molecule has 1 unspecified atom stereocenters. The first kappa shape index (κ1) is 18.3. The highest BCUT2D eigenvalue weighted by molar-refractivity contribution is 5.80. The molecule has 1 fully saturated rings. The number of guanidine groups is 1. The molecule has 1 aromatic carbocycles. The smallest absolute Gasteiger partial charge is 0.191 e. The van der Waals surface area contributed by atoms with Gasteiger partial charge in [0.15, 0.2) is 11.6 Å². The zero-order valence-electron chi connectivity index (χ0n) is 16.5. The number of benzene rings is 1. The van der Waals surface area contributed by atoms with Crippen LogP contribution in [0.3, 0.4) is 0 Å². The molecule has 1 aliphatic heterocycles. The Morgan fingerprint density at radius 3 is 2.86 bits per heavy atom. The Hall–Kier alpha value is -3.09. The van der Waals surface area contributed by atoms with E-state index in [1.54, 1.807) is 0 Å². The van der Waals surface area contributed by atoms with Crippen LogP contribution in [0.1, 0.15) is 17.8 Å². The van der Waals surface area contributed by atoms with E-state index in [1.807, 2.05) is 35.8 Å². The Morgan fingerprint density at radius 1 is 1.18 bits per heavy atom. The number of hydrogen-bond acceptors (Lipinski definition) is 4. The Bertz CT molecular complexity index is 945. The number of anilines is 1. The van der Waals surface area contributed by atoms with Crippen LogP contribution in [0, 0.1) is 6.92 Å². The van der Waals surface area contributed by atoms with Crippen LogP contribution in [0.5, 0.6) is 0 Å². The molecule has 0 bridgehead atoms. The predicted molar refractivity (Wildman–Crippen MR) is 113 cm³/mol. The summed E-state index contributed by atoms with van der Waals surface area (Å²) < 4.78 is 2.02. The van der Waals surface area contributed by atoms with E-state index < -0.39 is 0 Å². The molecule has 0 amide bonds. The van der Waals surface area contributed by atoms with Gasteiger partial charge in [0, 0.05) is 51.0 Å². The standard InChI is InChI=1S/C21H27N7/c1-16-6-8-18(9-7-16)27-14-11-17(15-27)24-21(22-2)23-12-10-20-26-25-19-5-3-4-13-28(19)20/h3-9,13,17H,10-12,14-15H2,1-2H3,(H2,22,23,24). The molecule has 0 radical (unpaired) electrons. The van der Waals surface area contributed by atoms with Crippen molar-refractivity contribution in [2.75, 3.05) is 31.6 Å². The van der Waals surface area contributed by atoms with Crippen molar-refractivity contribution in [3.63, 3.8) is 0 Å². The van der Waals surface area contributed by atoms with Crippen LogP contribution in [-0.2, 0) is 6.42 Å². The third-order valence-corrected chi connectivity index (χ3v) is 5.18. The number of nitrogens with one attached hydrogen (secondary N) is 2. The van der Waals surface area contributed by atoms with Crippen molar-refractivity contribution in [1.82, 2.24) is 25.2 Å². The summed E-state index contributed by atoms with van der Waals surface area (Å²) in [6, 6.07) is 15.1. The second kappa shape index (κ2) is 8.29. The van der Waals surface area contributed by atoms with E-state index in [0.29, 0.717) is 6.04 Å². The fourth-order valence-electron chi connectivity index (χ4n) is 3.61. The van der Waals surface area contributed by atoms with Gasteiger partial charge in [-0.25, -0.2) is 0 Å². The quantitative estimate of drug-likeness (QED) is 0.526. The largest absolute Gasteiger partial charge is 0.369 e. The van der Waals surface area contributed by atoms with Crippen molar-refractivity contribution in [3.8, 4) is 0 Å². The van der Waals surface area contributed by atoms with Crippen LogP contribution in [0.4, 0.5) is 5.69 Å². The SMILES string of the molecule is CN=C(NCCc1nnc2ccccn12)NC1CCN(c2ccc(C)cc2)C1. The Kier molecular flexibility index (Phi) is 5.41. The lowest BCUT2D eigenvalue weighted by atomic mass is 10.2. The van der Waals surface area contributed by atoms with E-state index >= 15 is 0 Å². The average molecular weight is 377 g/mol. The molecule has 4 rings (SSSR count). The van der Waals surface area contributed by atoms with Crippen LogP contribution in [0.15, 0.2) is 53.7 Å². The lowest BCUT2D eigenvalue weighted by Crippen LogP contribution is -2.45. The number of pyridine rings is 1. The Balaban J connectivity index is 1.27. The molecular formula is C21H27N7. The fourth-order valence-corrected chi connectivity index (χ4v) is 3.61. The van der Waals surface area contributed by atoms with Gasteiger partial charge in [0.2, 0.25) is 0 Å². The van der Waals surface area contributed by atoms with Gasteiger partial charge in [-0.2, -0.15) is 0 Å². The zero-order valence-corrected chi connectivity index (χ0v) is 16.5. The van der Waals surface area contributed by atoms with Crippen molar-refractivity contribution in [1.29, 1.82) is 0 Å². The molecule has 0 aliphatic carbocycles. The summed E-state index contributed by atoms with van der Waals surface area (Å²) in [7, 11) is 1.81. The highest BCUT2D eigenvalue weighted by atomic mass is 15.3. The number of hydrogen-bond donors (Lipinski definition) is 2. The molecule has 3 heterocycles. The van der Waals surface area contributed by atoms with Gasteiger partial charge in [-0.1, -0.05) is 23.8 Å². The highest BCUT2D eigenvalue weighted by Crippen LogP contribution is 2.20. The summed E-state index contributed by atoms with van der Waals surface area (Å²) in [4.78, 5) is 6.80. The van der Waals surface area contributed by atoms with Gasteiger partial charge in [0.05, 0.1) is 0 Å². The van der Waals surface area contributed by atoms with E-state index in [9.17, 15) is 0 Å². The second-order valence-electron chi connectivity index (χ2n) is 7.21. The summed E-state index contributed by atoms with van der Waals surface area (Å²) in [5, 5.41) is 15.4. The first-order valence-corrected chi connectivity index (χ1v) is 9.80. The molecule has 28 heavy (non-hydrogen) atoms. The van der Waals surface area contributed by atoms with E-state index in [-0.39, 0.29) is 0 Å². The number of aromatic nitrogens is 3. The predicted octanol–water partition coefficient (Wildman–Crippen LogP) is 2.02. The average Bonchev–Trinajstić information content (AvgIpc) is 3.35. The minimum absolute atomic E-state index is 0.390. The maximum absolute atomic E-state index is 4.38. The lowest BCUT2D eigenvalue weighted by molar-refractivity contribution is 0.646. The molecule has 7 heteroatoms.